The first-order valence-corrected chi connectivity index (χ1v) is 13.2. The lowest BCUT2D eigenvalue weighted by Crippen LogP contribution is -2.31. The summed E-state index contributed by atoms with van der Waals surface area (Å²) < 4.78 is 7.33. The summed E-state index contributed by atoms with van der Waals surface area (Å²) >= 11 is 1.41. The van der Waals surface area contributed by atoms with Gasteiger partial charge in [0.05, 0.1) is 17.7 Å². The number of carbonyl (C=O) groups excluding carboxylic acids is 1. The summed E-state index contributed by atoms with van der Waals surface area (Å²) in [6.45, 7) is 0.533. The SMILES string of the molecule is COc1ccc(N=C2S/C(=C/c3ccn(-c4ccccc4)c3)C(=O)N2CCc2c[nH]c3ccccc23)cc1. The number of nitrogens with one attached hydrogen (secondary N) is 1. The van der Waals surface area contributed by atoms with Crippen molar-refractivity contribution >= 4 is 45.5 Å². The zero-order chi connectivity index (χ0) is 25.9. The van der Waals surface area contributed by atoms with Gasteiger partial charge in [0.2, 0.25) is 0 Å². The Morgan fingerprint density at radius 3 is 2.58 bits per heavy atom. The third-order valence-corrected chi connectivity index (χ3v) is 7.54. The summed E-state index contributed by atoms with van der Waals surface area (Å²) in [6.07, 6.45) is 8.73. The Morgan fingerprint density at radius 1 is 0.974 bits per heavy atom. The van der Waals surface area contributed by atoms with E-state index in [1.165, 1.54) is 22.7 Å². The zero-order valence-corrected chi connectivity index (χ0v) is 21.7. The second-order valence-electron chi connectivity index (χ2n) is 8.96. The van der Waals surface area contributed by atoms with Gasteiger partial charge in [-0.1, -0.05) is 36.4 Å². The third kappa shape index (κ3) is 4.88. The van der Waals surface area contributed by atoms with Crippen LogP contribution in [0.5, 0.6) is 5.75 Å². The third-order valence-electron chi connectivity index (χ3n) is 6.53. The maximum Gasteiger partial charge on any atom is 0.266 e. The molecule has 1 fully saturated rings. The van der Waals surface area contributed by atoms with Crippen molar-refractivity contribution in [2.24, 2.45) is 4.99 Å². The lowest BCUT2D eigenvalue weighted by Gasteiger charge is -2.15. The van der Waals surface area contributed by atoms with Crippen molar-refractivity contribution in [3.05, 3.63) is 120 Å². The van der Waals surface area contributed by atoms with Gasteiger partial charge < -0.3 is 14.3 Å². The monoisotopic (exact) mass is 518 g/mol. The molecule has 1 aliphatic heterocycles. The summed E-state index contributed by atoms with van der Waals surface area (Å²) in [5.41, 5.74) is 5.09. The van der Waals surface area contributed by atoms with Crippen molar-refractivity contribution in [1.29, 1.82) is 0 Å². The molecule has 1 aliphatic rings. The molecule has 1 amide bonds. The van der Waals surface area contributed by atoms with Gasteiger partial charge in [-0.05, 0) is 83.9 Å². The van der Waals surface area contributed by atoms with E-state index >= 15 is 0 Å². The van der Waals surface area contributed by atoms with E-state index < -0.39 is 0 Å². The maximum atomic E-state index is 13.6. The predicted molar refractivity (Wildman–Crippen MR) is 155 cm³/mol. The summed E-state index contributed by atoms with van der Waals surface area (Å²) in [6, 6.07) is 27.9. The molecule has 5 aromatic rings. The van der Waals surface area contributed by atoms with E-state index in [1.54, 1.807) is 12.0 Å². The number of H-pyrrole nitrogens is 1. The minimum atomic E-state index is -0.0328. The average molecular weight is 519 g/mol. The standard InChI is InChI=1S/C31H26N4O2S/c1-37-26-13-11-24(12-14-26)33-31-35(18-16-23-20-32-28-10-6-5-9-27(23)28)30(36)29(38-31)19-22-15-17-34(21-22)25-7-3-2-4-8-25/h2-15,17,19-21,32H,16,18H2,1H3/b29-19+,33-31?. The van der Waals surface area contributed by atoms with Gasteiger partial charge in [-0.25, -0.2) is 4.99 Å². The molecule has 0 unspecified atom stereocenters. The highest BCUT2D eigenvalue weighted by Gasteiger charge is 2.33. The molecular weight excluding hydrogens is 492 g/mol. The van der Waals surface area contributed by atoms with Gasteiger partial charge >= 0.3 is 0 Å². The normalized spacial score (nSPS) is 15.7. The predicted octanol–water partition coefficient (Wildman–Crippen LogP) is 6.81. The van der Waals surface area contributed by atoms with Gasteiger partial charge in [0.15, 0.2) is 5.17 Å². The van der Waals surface area contributed by atoms with Crippen LogP contribution >= 0.6 is 11.8 Å². The van der Waals surface area contributed by atoms with E-state index in [0.29, 0.717) is 16.6 Å². The molecule has 6 rings (SSSR count). The number of fused-ring (bicyclic) bond motifs is 1. The van der Waals surface area contributed by atoms with E-state index in [4.69, 9.17) is 9.73 Å². The molecule has 1 N–H and O–H groups in total. The number of benzene rings is 3. The number of aliphatic imine (C=N–C) groups is 1. The van der Waals surface area contributed by atoms with Crippen molar-refractivity contribution < 1.29 is 9.53 Å². The second kappa shape index (κ2) is 10.5. The highest BCUT2D eigenvalue weighted by atomic mass is 32.2. The smallest absolute Gasteiger partial charge is 0.266 e. The van der Waals surface area contributed by atoms with Crippen LogP contribution in [0, 0.1) is 0 Å². The number of ether oxygens (including phenoxy) is 1. The molecule has 0 radical (unpaired) electrons. The molecule has 0 bridgehead atoms. The van der Waals surface area contributed by atoms with Gasteiger partial charge in [-0.3, -0.25) is 9.69 Å². The number of rotatable bonds is 7. The fraction of sp³-hybridized carbons (Fsp3) is 0.0968. The Morgan fingerprint density at radius 2 is 1.76 bits per heavy atom. The molecule has 188 valence electrons. The van der Waals surface area contributed by atoms with Gasteiger partial charge in [-0.15, -0.1) is 0 Å². The quantitative estimate of drug-likeness (QED) is 0.241. The highest BCUT2D eigenvalue weighted by Crippen LogP contribution is 2.35. The number of thioether (sulfide) groups is 1. The minimum Gasteiger partial charge on any atom is -0.497 e. The maximum absolute atomic E-state index is 13.6. The van der Waals surface area contributed by atoms with Crippen LogP contribution < -0.4 is 4.74 Å². The highest BCUT2D eigenvalue weighted by molar-refractivity contribution is 8.18. The lowest BCUT2D eigenvalue weighted by atomic mass is 10.1. The molecule has 6 nitrogen and oxygen atoms in total. The number of hydrogen-bond donors (Lipinski definition) is 1. The summed E-state index contributed by atoms with van der Waals surface area (Å²) in [5.74, 6) is 0.735. The van der Waals surface area contributed by atoms with E-state index in [1.807, 2.05) is 85.3 Å². The van der Waals surface area contributed by atoms with Gasteiger partial charge in [-0.2, -0.15) is 0 Å². The number of aromatic amines is 1. The number of carbonyl (C=O) groups is 1. The molecule has 2 aromatic heterocycles. The first-order chi connectivity index (χ1) is 18.7. The Labute approximate surface area is 225 Å². The Hall–Kier alpha value is -4.49. The van der Waals surface area contributed by atoms with E-state index in [9.17, 15) is 4.79 Å². The van der Waals surface area contributed by atoms with Crippen LogP contribution in [-0.2, 0) is 11.2 Å². The van der Waals surface area contributed by atoms with Crippen molar-refractivity contribution in [3.8, 4) is 11.4 Å². The Kier molecular flexibility index (Phi) is 6.58. The molecule has 0 atom stereocenters. The molecule has 0 spiro atoms. The molecule has 0 saturated carbocycles. The van der Waals surface area contributed by atoms with Gasteiger partial charge in [0.1, 0.15) is 5.75 Å². The molecule has 1 saturated heterocycles. The number of methoxy groups -OCH3 is 1. The Balaban J connectivity index is 1.29. The molecule has 3 heterocycles. The van der Waals surface area contributed by atoms with Crippen molar-refractivity contribution in [2.75, 3.05) is 13.7 Å². The van der Waals surface area contributed by atoms with Crippen molar-refractivity contribution in [3.63, 3.8) is 0 Å². The number of aromatic nitrogens is 2. The van der Waals surface area contributed by atoms with Crippen LogP contribution in [-0.4, -0.2) is 39.2 Å². The topological polar surface area (TPSA) is 62.6 Å². The van der Waals surface area contributed by atoms with E-state index in [0.717, 1.165) is 34.6 Å². The molecule has 3 aromatic carbocycles. The van der Waals surface area contributed by atoms with Crippen LogP contribution in [0.3, 0.4) is 0 Å². The van der Waals surface area contributed by atoms with E-state index in [-0.39, 0.29) is 5.91 Å². The first kappa shape index (κ1) is 23.9. The fourth-order valence-corrected chi connectivity index (χ4v) is 5.56. The summed E-state index contributed by atoms with van der Waals surface area (Å²) in [5, 5.41) is 1.85. The molecule has 38 heavy (non-hydrogen) atoms. The zero-order valence-electron chi connectivity index (χ0n) is 20.9. The van der Waals surface area contributed by atoms with Gasteiger partial charge in [0, 0.05) is 41.7 Å². The molecule has 7 heteroatoms. The molecular formula is C31H26N4O2S. The Bertz CT molecular complexity index is 1650. The van der Waals surface area contributed by atoms with Crippen molar-refractivity contribution in [2.45, 2.75) is 6.42 Å². The van der Waals surface area contributed by atoms with Crippen LogP contribution in [0.25, 0.3) is 22.7 Å². The number of para-hydroxylation sites is 2. The van der Waals surface area contributed by atoms with Crippen molar-refractivity contribution in [1.82, 2.24) is 14.5 Å². The van der Waals surface area contributed by atoms with E-state index in [2.05, 4.69) is 33.8 Å². The second-order valence-corrected chi connectivity index (χ2v) is 9.97. The van der Waals surface area contributed by atoms with Crippen LogP contribution in [0.4, 0.5) is 5.69 Å². The fourth-order valence-electron chi connectivity index (χ4n) is 4.54. The number of amides is 1. The largest absolute Gasteiger partial charge is 0.497 e. The lowest BCUT2D eigenvalue weighted by molar-refractivity contribution is -0.122. The number of hydrogen-bond acceptors (Lipinski definition) is 4. The number of nitrogens with zero attached hydrogens (tertiary/aromatic N) is 3. The summed E-state index contributed by atoms with van der Waals surface area (Å²) in [4.78, 5) is 24.3. The summed E-state index contributed by atoms with van der Waals surface area (Å²) in [7, 11) is 1.64. The van der Waals surface area contributed by atoms with Crippen LogP contribution in [0.1, 0.15) is 11.1 Å². The average Bonchev–Trinajstić information content (AvgIpc) is 3.67. The number of amidine groups is 1. The van der Waals surface area contributed by atoms with Crippen LogP contribution in [0.2, 0.25) is 0 Å². The van der Waals surface area contributed by atoms with Crippen LogP contribution in [0.15, 0.2) is 113 Å². The minimum absolute atomic E-state index is 0.0328. The first-order valence-electron chi connectivity index (χ1n) is 12.4. The molecule has 0 aliphatic carbocycles. The van der Waals surface area contributed by atoms with Gasteiger partial charge in [0.25, 0.3) is 5.91 Å².